The molecule has 0 aromatic heterocycles. The molecule has 0 aliphatic carbocycles. The first kappa shape index (κ1) is 25.3. The monoisotopic (exact) mass is 524 g/mol. The lowest BCUT2D eigenvalue weighted by Crippen LogP contribution is -2.47. The van der Waals surface area contributed by atoms with Crippen molar-refractivity contribution in [3.8, 4) is 0 Å². The van der Waals surface area contributed by atoms with Crippen molar-refractivity contribution in [1.82, 2.24) is 5.32 Å². The molecule has 0 bridgehead atoms. The van der Waals surface area contributed by atoms with Gasteiger partial charge in [0.25, 0.3) is 5.91 Å². The van der Waals surface area contributed by atoms with Crippen LogP contribution in [-0.4, -0.2) is 37.2 Å². The lowest BCUT2D eigenvalue weighted by molar-refractivity contribution is 0.0974. The molecule has 1 aliphatic rings. The second-order valence-corrected chi connectivity index (χ2v) is 8.24. The van der Waals surface area contributed by atoms with E-state index >= 15 is 0 Å². The highest BCUT2D eigenvalue weighted by Crippen LogP contribution is 2.31. The predicted molar refractivity (Wildman–Crippen MR) is 127 cm³/mol. The number of halogens is 6. The van der Waals surface area contributed by atoms with Crippen LogP contribution in [0.5, 0.6) is 0 Å². The Hall–Kier alpha value is -3.80. The molecule has 0 unspecified atom stereocenters. The summed E-state index contributed by atoms with van der Waals surface area (Å²) in [7, 11) is 0. The maximum absolute atomic E-state index is 14.1. The van der Waals surface area contributed by atoms with Crippen LogP contribution in [0.25, 0.3) is 0 Å². The van der Waals surface area contributed by atoms with Gasteiger partial charge in [-0.2, -0.15) is 0 Å². The number of carbonyl (C=O) groups is 1. The number of nitrogens with one attached hydrogen (secondary N) is 2. The van der Waals surface area contributed by atoms with Crippen molar-refractivity contribution in [3.63, 3.8) is 0 Å². The van der Waals surface area contributed by atoms with Crippen LogP contribution in [-0.2, 0) is 0 Å². The molecule has 0 spiro atoms. The molecule has 4 rings (SSSR count). The quantitative estimate of drug-likeness (QED) is 0.218. The minimum Gasteiger partial charge on any atom is -0.368 e. The molecule has 1 saturated heterocycles. The molecule has 0 saturated carbocycles. The summed E-state index contributed by atoms with van der Waals surface area (Å²) in [6.07, 6.45) is 0. The summed E-state index contributed by atoms with van der Waals surface area (Å²) in [5.74, 6) is -11.2. The predicted octanol–water partition coefficient (Wildman–Crippen LogP) is 4.97. The van der Waals surface area contributed by atoms with E-state index in [1.54, 1.807) is 24.3 Å². The Labute approximate surface area is 207 Å². The molecular formula is C24H18F6N4OS. The van der Waals surface area contributed by atoms with Crippen LogP contribution in [0.2, 0.25) is 0 Å². The average molecular weight is 524 g/mol. The normalized spacial score (nSPS) is 13.5. The van der Waals surface area contributed by atoms with E-state index in [9.17, 15) is 31.1 Å². The van der Waals surface area contributed by atoms with Crippen LogP contribution in [0.1, 0.15) is 10.4 Å². The number of hydrogen-bond donors (Lipinski definition) is 2. The van der Waals surface area contributed by atoms with Crippen LogP contribution in [0, 0.1) is 34.9 Å². The van der Waals surface area contributed by atoms with Gasteiger partial charge in [0.2, 0.25) is 5.82 Å². The highest BCUT2D eigenvalue weighted by atomic mass is 32.1. The highest BCUT2D eigenvalue weighted by molar-refractivity contribution is 7.80. The van der Waals surface area contributed by atoms with E-state index in [4.69, 9.17) is 12.2 Å². The van der Waals surface area contributed by atoms with Gasteiger partial charge in [-0.25, -0.2) is 26.3 Å². The fourth-order valence-electron chi connectivity index (χ4n) is 3.79. The first-order valence-corrected chi connectivity index (χ1v) is 11.1. The van der Waals surface area contributed by atoms with Crippen LogP contribution in [0.3, 0.4) is 0 Å². The Bertz CT molecular complexity index is 1280. The van der Waals surface area contributed by atoms with E-state index in [0.29, 0.717) is 5.69 Å². The molecule has 3 aromatic rings. The number of anilines is 3. The fourth-order valence-corrected chi connectivity index (χ4v) is 4.00. The van der Waals surface area contributed by atoms with Crippen molar-refractivity contribution in [2.75, 3.05) is 41.3 Å². The molecule has 0 atom stereocenters. The number of thiocarbonyl (C=S) groups is 1. The summed E-state index contributed by atoms with van der Waals surface area (Å²) in [5, 5.41) is 5.17. The number of amides is 1. The maximum Gasteiger partial charge on any atom is 0.260 e. The minimum absolute atomic E-state index is 0.0323. The van der Waals surface area contributed by atoms with Gasteiger partial charge in [-0.05, 0) is 48.6 Å². The van der Waals surface area contributed by atoms with E-state index in [1.807, 2.05) is 4.90 Å². The highest BCUT2D eigenvalue weighted by Gasteiger charge is 2.30. The third-order valence-electron chi connectivity index (χ3n) is 5.62. The third kappa shape index (κ3) is 5.08. The number of rotatable bonds is 4. The fraction of sp³-hybridized carbons (Fsp3) is 0.167. The van der Waals surface area contributed by atoms with Crippen LogP contribution < -0.4 is 20.4 Å². The number of benzene rings is 3. The molecule has 1 fully saturated rings. The zero-order valence-corrected chi connectivity index (χ0v) is 19.2. The van der Waals surface area contributed by atoms with E-state index in [-0.39, 0.29) is 36.9 Å². The molecule has 2 N–H and O–H groups in total. The molecular weight excluding hydrogens is 506 g/mol. The topological polar surface area (TPSA) is 47.6 Å². The van der Waals surface area contributed by atoms with Gasteiger partial charge in [0.05, 0.1) is 5.56 Å². The van der Waals surface area contributed by atoms with Crippen molar-refractivity contribution in [3.05, 3.63) is 89.0 Å². The first-order valence-electron chi connectivity index (χ1n) is 10.7. The molecule has 36 heavy (non-hydrogen) atoms. The van der Waals surface area contributed by atoms with E-state index < -0.39 is 46.5 Å². The number of carbonyl (C=O) groups excluding carboxylic acids is 1. The molecule has 1 aliphatic heterocycles. The summed E-state index contributed by atoms with van der Waals surface area (Å²) < 4.78 is 82.4. The molecule has 1 amide bonds. The standard InChI is InChI=1S/C24H18F6N4OS/c25-16-4-2-1-3-15(16)23(35)32-24(36)31-13-5-7-14(8-6-13)33-9-11-34(12-10-33)22-20(29)18(27)17(26)19(28)21(22)30/h1-8H,9-12H2,(H2,31,32,35,36). The molecule has 0 radical (unpaired) electrons. The summed E-state index contributed by atoms with van der Waals surface area (Å²) in [4.78, 5) is 15.2. The van der Waals surface area contributed by atoms with E-state index in [1.165, 1.54) is 18.2 Å². The summed E-state index contributed by atoms with van der Waals surface area (Å²) in [5.41, 5.74) is 0.204. The summed E-state index contributed by atoms with van der Waals surface area (Å²) in [6.45, 7) is 0.599. The van der Waals surface area contributed by atoms with E-state index in [2.05, 4.69) is 10.6 Å². The van der Waals surface area contributed by atoms with Crippen molar-refractivity contribution in [2.45, 2.75) is 0 Å². The van der Waals surface area contributed by atoms with Crippen LogP contribution in [0.4, 0.5) is 43.4 Å². The minimum atomic E-state index is -2.19. The molecule has 5 nitrogen and oxygen atoms in total. The molecule has 188 valence electrons. The molecule has 12 heteroatoms. The smallest absolute Gasteiger partial charge is 0.260 e. The lowest BCUT2D eigenvalue weighted by Gasteiger charge is -2.37. The first-order chi connectivity index (χ1) is 17.2. The second kappa shape index (κ2) is 10.4. The second-order valence-electron chi connectivity index (χ2n) is 7.83. The van der Waals surface area contributed by atoms with Gasteiger partial charge in [0, 0.05) is 37.6 Å². The third-order valence-corrected chi connectivity index (χ3v) is 5.82. The Morgan fingerprint density at radius 3 is 1.83 bits per heavy atom. The number of piperazine rings is 1. The van der Waals surface area contributed by atoms with Crippen molar-refractivity contribution < 1.29 is 31.1 Å². The molecule has 3 aromatic carbocycles. The largest absolute Gasteiger partial charge is 0.368 e. The van der Waals surface area contributed by atoms with Crippen LogP contribution in [0.15, 0.2) is 48.5 Å². The van der Waals surface area contributed by atoms with Crippen LogP contribution >= 0.6 is 12.2 Å². The Morgan fingerprint density at radius 2 is 1.25 bits per heavy atom. The summed E-state index contributed by atoms with van der Waals surface area (Å²) >= 11 is 5.10. The van der Waals surface area contributed by atoms with Gasteiger partial charge in [0.1, 0.15) is 11.5 Å². The van der Waals surface area contributed by atoms with Gasteiger partial charge < -0.3 is 15.1 Å². The number of nitrogens with zero attached hydrogens (tertiary/aromatic N) is 2. The average Bonchev–Trinajstić information content (AvgIpc) is 2.87. The Kier molecular flexibility index (Phi) is 7.34. The van der Waals surface area contributed by atoms with Gasteiger partial charge in [-0.15, -0.1) is 0 Å². The SMILES string of the molecule is O=C(NC(=S)Nc1ccc(N2CCN(c3c(F)c(F)c(F)c(F)c3F)CC2)cc1)c1ccccc1F. The van der Waals surface area contributed by atoms with Crippen molar-refractivity contribution in [2.24, 2.45) is 0 Å². The lowest BCUT2D eigenvalue weighted by atomic mass is 10.2. The van der Waals surface area contributed by atoms with Gasteiger partial charge in [0.15, 0.2) is 28.4 Å². The molecule has 1 heterocycles. The van der Waals surface area contributed by atoms with Gasteiger partial charge in [-0.1, -0.05) is 12.1 Å². The van der Waals surface area contributed by atoms with Gasteiger partial charge >= 0.3 is 0 Å². The summed E-state index contributed by atoms with van der Waals surface area (Å²) in [6, 6.07) is 12.3. The Balaban J connectivity index is 1.35. The van der Waals surface area contributed by atoms with Gasteiger partial charge in [-0.3, -0.25) is 10.1 Å². The van der Waals surface area contributed by atoms with Crippen molar-refractivity contribution in [1.29, 1.82) is 0 Å². The number of hydrogen-bond acceptors (Lipinski definition) is 4. The maximum atomic E-state index is 14.1. The van der Waals surface area contributed by atoms with Crippen molar-refractivity contribution >= 4 is 40.3 Å². The zero-order valence-electron chi connectivity index (χ0n) is 18.4. The zero-order chi connectivity index (χ0) is 26.0. The van der Waals surface area contributed by atoms with E-state index in [0.717, 1.165) is 16.7 Å². The Morgan fingerprint density at radius 1 is 0.722 bits per heavy atom.